The maximum Gasteiger partial charge on any atom is 0.306 e. The van der Waals surface area contributed by atoms with Crippen LogP contribution in [-0.2, 0) is 14.3 Å². The van der Waals surface area contributed by atoms with Crippen LogP contribution in [0.5, 0.6) is 0 Å². The molecule has 0 bridgehead atoms. The number of hydrogen-bond acceptors (Lipinski definition) is 4. The van der Waals surface area contributed by atoms with Gasteiger partial charge in [0, 0.05) is 5.71 Å². The van der Waals surface area contributed by atoms with Gasteiger partial charge >= 0.3 is 5.97 Å². The maximum absolute atomic E-state index is 12.8. The van der Waals surface area contributed by atoms with Gasteiger partial charge in [-0.05, 0) is 31.2 Å². The van der Waals surface area contributed by atoms with Gasteiger partial charge in [0.2, 0.25) is 0 Å². The van der Waals surface area contributed by atoms with Crippen molar-refractivity contribution in [3.63, 3.8) is 0 Å². The predicted molar refractivity (Wildman–Crippen MR) is 67.1 cm³/mol. The van der Waals surface area contributed by atoms with E-state index in [4.69, 9.17) is 0 Å². The first-order valence-electron chi connectivity index (χ1n) is 5.74. The Morgan fingerprint density at radius 1 is 1.42 bits per heavy atom. The Hall–Kier alpha value is -2.24. The minimum absolute atomic E-state index is 0.0393. The zero-order valence-corrected chi connectivity index (χ0v) is 10.6. The van der Waals surface area contributed by atoms with Gasteiger partial charge in [-0.1, -0.05) is 0 Å². The lowest BCUT2D eigenvalue weighted by molar-refractivity contribution is -0.142. The third-order valence-corrected chi connectivity index (χ3v) is 2.94. The number of ether oxygens (including phenoxy) is 1. The molecule has 1 aliphatic heterocycles. The Bertz CT molecular complexity index is 539. The first-order chi connectivity index (χ1) is 9.02. The Balaban J connectivity index is 2.20. The van der Waals surface area contributed by atoms with Crippen LogP contribution in [0.15, 0.2) is 29.4 Å². The average molecular weight is 264 g/mol. The Kier molecular flexibility index (Phi) is 3.59. The fourth-order valence-electron chi connectivity index (χ4n) is 1.86. The SMILES string of the molecule is COC(=O)CC1C(=O)N(c2ccc(F)cc2)N=C1C. The van der Waals surface area contributed by atoms with E-state index in [1.165, 1.54) is 36.4 Å². The number of carbonyl (C=O) groups is 2. The first kappa shape index (κ1) is 13.2. The summed E-state index contributed by atoms with van der Waals surface area (Å²) in [5.74, 6) is -1.77. The smallest absolute Gasteiger partial charge is 0.306 e. The molecule has 1 unspecified atom stereocenters. The van der Waals surface area contributed by atoms with Crippen molar-refractivity contribution >= 4 is 23.3 Å². The van der Waals surface area contributed by atoms with Gasteiger partial charge in [0.15, 0.2) is 0 Å². The van der Waals surface area contributed by atoms with E-state index in [1.54, 1.807) is 6.92 Å². The van der Waals surface area contributed by atoms with Gasteiger partial charge in [0.05, 0.1) is 25.1 Å². The normalized spacial score (nSPS) is 18.5. The summed E-state index contributed by atoms with van der Waals surface area (Å²) in [5.41, 5.74) is 1.01. The molecule has 2 rings (SSSR count). The summed E-state index contributed by atoms with van der Waals surface area (Å²) in [6.45, 7) is 1.68. The summed E-state index contributed by atoms with van der Waals surface area (Å²) in [6, 6.07) is 5.43. The van der Waals surface area contributed by atoms with Crippen LogP contribution < -0.4 is 5.01 Å². The second kappa shape index (κ2) is 5.17. The van der Waals surface area contributed by atoms with Crippen LogP contribution in [0.2, 0.25) is 0 Å². The summed E-state index contributed by atoms with van der Waals surface area (Å²) in [7, 11) is 1.27. The number of esters is 1. The summed E-state index contributed by atoms with van der Waals surface area (Å²) < 4.78 is 17.4. The van der Waals surface area contributed by atoms with Gasteiger partial charge in [-0.3, -0.25) is 9.59 Å². The highest BCUT2D eigenvalue weighted by Crippen LogP contribution is 2.25. The van der Waals surface area contributed by atoms with E-state index in [0.717, 1.165) is 0 Å². The van der Waals surface area contributed by atoms with Gasteiger partial charge in [0.1, 0.15) is 5.82 Å². The lowest BCUT2D eigenvalue weighted by Gasteiger charge is -2.13. The van der Waals surface area contributed by atoms with Crippen molar-refractivity contribution in [3.8, 4) is 0 Å². The molecule has 0 saturated heterocycles. The number of halogens is 1. The van der Waals surface area contributed by atoms with Crippen LogP contribution in [-0.4, -0.2) is 24.7 Å². The van der Waals surface area contributed by atoms with E-state index in [0.29, 0.717) is 11.4 Å². The molecule has 0 spiro atoms. The van der Waals surface area contributed by atoms with Crippen LogP contribution in [0, 0.1) is 11.7 Å². The number of hydrogen-bond donors (Lipinski definition) is 0. The van der Waals surface area contributed by atoms with Crippen molar-refractivity contribution in [1.82, 2.24) is 0 Å². The van der Waals surface area contributed by atoms with Gasteiger partial charge in [0.25, 0.3) is 5.91 Å². The second-order valence-corrected chi connectivity index (χ2v) is 4.20. The highest BCUT2D eigenvalue weighted by molar-refractivity contribution is 6.16. The third kappa shape index (κ3) is 2.62. The van der Waals surface area contributed by atoms with Gasteiger partial charge < -0.3 is 4.74 Å². The Morgan fingerprint density at radius 2 is 2.05 bits per heavy atom. The second-order valence-electron chi connectivity index (χ2n) is 4.20. The van der Waals surface area contributed by atoms with Crippen molar-refractivity contribution < 1.29 is 18.7 Å². The summed E-state index contributed by atoms with van der Waals surface area (Å²) in [6.07, 6.45) is -0.0393. The van der Waals surface area contributed by atoms with E-state index in [2.05, 4.69) is 9.84 Å². The molecule has 0 fully saturated rings. The molecule has 0 aliphatic carbocycles. The molecule has 1 amide bonds. The zero-order valence-electron chi connectivity index (χ0n) is 10.6. The standard InChI is InChI=1S/C13H13FN2O3/c1-8-11(7-12(17)19-2)13(18)16(15-8)10-5-3-9(14)4-6-10/h3-6,11H,7H2,1-2H3. The summed E-state index contributed by atoms with van der Waals surface area (Å²) >= 11 is 0. The number of carbonyl (C=O) groups excluding carboxylic acids is 2. The van der Waals surface area contributed by atoms with Gasteiger partial charge in [-0.25, -0.2) is 9.40 Å². The molecule has 19 heavy (non-hydrogen) atoms. The molecule has 5 nitrogen and oxygen atoms in total. The molecule has 0 radical (unpaired) electrons. The topological polar surface area (TPSA) is 59.0 Å². The van der Waals surface area contributed by atoms with Gasteiger partial charge in [-0.2, -0.15) is 5.10 Å². The molecule has 1 aromatic rings. The highest BCUT2D eigenvalue weighted by Gasteiger charge is 2.36. The molecule has 0 saturated carbocycles. The molecule has 6 heteroatoms. The van der Waals surface area contributed by atoms with Gasteiger partial charge in [-0.15, -0.1) is 0 Å². The maximum atomic E-state index is 12.8. The molecular formula is C13H13FN2O3. The number of anilines is 1. The molecular weight excluding hydrogens is 251 g/mol. The number of amides is 1. The predicted octanol–water partition coefficient (Wildman–Crippen LogP) is 1.73. The van der Waals surface area contributed by atoms with E-state index in [-0.39, 0.29) is 18.1 Å². The summed E-state index contributed by atoms with van der Waals surface area (Å²) in [5, 5.41) is 5.29. The molecule has 1 atom stereocenters. The number of rotatable bonds is 3. The summed E-state index contributed by atoms with van der Waals surface area (Å²) in [4.78, 5) is 23.4. The fraction of sp³-hybridized carbons (Fsp3) is 0.308. The van der Waals surface area contributed by atoms with Crippen molar-refractivity contribution in [3.05, 3.63) is 30.1 Å². The number of benzene rings is 1. The number of nitrogens with zero attached hydrogens (tertiary/aromatic N) is 2. The van der Waals surface area contributed by atoms with Crippen molar-refractivity contribution in [2.45, 2.75) is 13.3 Å². The quantitative estimate of drug-likeness (QED) is 0.781. The largest absolute Gasteiger partial charge is 0.469 e. The lowest BCUT2D eigenvalue weighted by atomic mass is 10.0. The van der Waals surface area contributed by atoms with Crippen molar-refractivity contribution in [2.24, 2.45) is 11.0 Å². The molecule has 1 aromatic carbocycles. The average Bonchev–Trinajstić information content (AvgIpc) is 2.67. The molecule has 0 N–H and O–H groups in total. The van der Waals surface area contributed by atoms with Crippen LogP contribution in [0.1, 0.15) is 13.3 Å². The Morgan fingerprint density at radius 3 is 2.63 bits per heavy atom. The minimum atomic E-state index is -0.613. The van der Waals surface area contributed by atoms with E-state index in [9.17, 15) is 14.0 Å². The van der Waals surface area contributed by atoms with Crippen LogP contribution >= 0.6 is 0 Å². The Labute approximate surface area is 109 Å². The van der Waals surface area contributed by atoms with Crippen LogP contribution in [0.3, 0.4) is 0 Å². The molecule has 0 aromatic heterocycles. The van der Waals surface area contributed by atoms with Crippen molar-refractivity contribution in [2.75, 3.05) is 12.1 Å². The van der Waals surface area contributed by atoms with E-state index in [1.807, 2.05) is 0 Å². The lowest BCUT2D eigenvalue weighted by Crippen LogP contribution is -2.29. The monoisotopic (exact) mass is 264 g/mol. The van der Waals surface area contributed by atoms with Crippen LogP contribution in [0.25, 0.3) is 0 Å². The molecule has 1 aliphatic rings. The zero-order chi connectivity index (χ0) is 14.0. The number of methoxy groups -OCH3 is 1. The minimum Gasteiger partial charge on any atom is -0.469 e. The van der Waals surface area contributed by atoms with E-state index < -0.39 is 11.9 Å². The number of hydrazone groups is 1. The first-order valence-corrected chi connectivity index (χ1v) is 5.74. The van der Waals surface area contributed by atoms with Crippen LogP contribution in [0.4, 0.5) is 10.1 Å². The van der Waals surface area contributed by atoms with Crippen molar-refractivity contribution in [1.29, 1.82) is 0 Å². The highest BCUT2D eigenvalue weighted by atomic mass is 19.1. The fourth-order valence-corrected chi connectivity index (χ4v) is 1.86. The van der Waals surface area contributed by atoms with E-state index >= 15 is 0 Å². The molecule has 100 valence electrons. The molecule has 1 heterocycles. The third-order valence-electron chi connectivity index (χ3n) is 2.94.